The van der Waals surface area contributed by atoms with Gasteiger partial charge in [-0.15, -0.1) is 12.4 Å². The van der Waals surface area contributed by atoms with Gasteiger partial charge in [-0.1, -0.05) is 30.0 Å². The molecule has 0 saturated carbocycles. The minimum absolute atomic E-state index is 0. The average molecular weight is 301 g/mol. The molecule has 1 fully saturated rings. The third-order valence-corrected chi connectivity index (χ3v) is 3.42. The molecule has 0 radical (unpaired) electrons. The maximum atomic E-state index is 11.7. The summed E-state index contributed by atoms with van der Waals surface area (Å²) < 4.78 is 0. The Hall–Kier alpha value is -1.73. The number of carbonyl (C=O) groups is 2. The molecule has 2 amide bonds. The molecule has 0 bridgehead atoms. The van der Waals surface area contributed by atoms with Crippen molar-refractivity contribution < 1.29 is 9.59 Å². The number of nitrogens with two attached hydrogens (primary N) is 1. The van der Waals surface area contributed by atoms with Crippen LogP contribution in [0.1, 0.15) is 6.42 Å². The van der Waals surface area contributed by atoms with Gasteiger partial charge in [-0.25, -0.2) is 0 Å². The Morgan fingerprint density at radius 1 is 1.42 bits per heavy atom. The number of halogens is 1. The van der Waals surface area contributed by atoms with Gasteiger partial charge < -0.3 is 16.5 Å². The van der Waals surface area contributed by atoms with Crippen molar-refractivity contribution in [1.29, 1.82) is 0 Å². The van der Waals surface area contributed by atoms with E-state index in [9.17, 15) is 9.59 Å². The highest BCUT2D eigenvalue weighted by atomic mass is 35.5. The van der Waals surface area contributed by atoms with Crippen LogP contribution in [0.15, 0.2) is 35.4 Å². The van der Waals surface area contributed by atoms with E-state index in [-0.39, 0.29) is 30.6 Å². The molecule has 4 N–H and O–H groups in total. The molecule has 19 heavy (non-hydrogen) atoms. The fourth-order valence-electron chi connectivity index (χ4n) is 1.50. The van der Waals surface area contributed by atoms with Gasteiger partial charge in [0.1, 0.15) is 5.25 Å². The molecule has 1 atom stereocenters. The number of hydrogen-bond acceptors (Lipinski definition) is 5. The summed E-state index contributed by atoms with van der Waals surface area (Å²) in [6, 6.07) is 9.08. The van der Waals surface area contributed by atoms with E-state index in [1.54, 1.807) is 12.1 Å². The Morgan fingerprint density at radius 2 is 2.11 bits per heavy atom. The van der Waals surface area contributed by atoms with E-state index in [4.69, 9.17) is 5.84 Å². The maximum absolute atomic E-state index is 11.7. The van der Waals surface area contributed by atoms with Crippen molar-refractivity contribution in [1.82, 2.24) is 5.32 Å². The molecule has 102 valence electrons. The van der Waals surface area contributed by atoms with E-state index >= 15 is 0 Å². The number of anilines is 1. The van der Waals surface area contributed by atoms with E-state index in [2.05, 4.69) is 15.7 Å². The molecular weight excluding hydrogens is 288 g/mol. The summed E-state index contributed by atoms with van der Waals surface area (Å²) in [5.74, 6) is 4.61. The fourth-order valence-corrected chi connectivity index (χ4v) is 2.39. The number of para-hydroxylation sites is 1. The molecular formula is C11H13ClN4O2S. The largest absolute Gasteiger partial charge is 0.326 e. The van der Waals surface area contributed by atoms with Crippen LogP contribution < -0.4 is 16.5 Å². The molecule has 1 aromatic rings. The first kappa shape index (κ1) is 15.3. The summed E-state index contributed by atoms with van der Waals surface area (Å²) in [4.78, 5) is 23.2. The van der Waals surface area contributed by atoms with Crippen LogP contribution >= 0.6 is 24.2 Å². The molecule has 1 aliphatic rings. The van der Waals surface area contributed by atoms with Gasteiger partial charge in [-0.3, -0.25) is 9.59 Å². The Labute approximate surface area is 120 Å². The van der Waals surface area contributed by atoms with Crippen molar-refractivity contribution >= 4 is 46.8 Å². The van der Waals surface area contributed by atoms with Crippen LogP contribution in [0.25, 0.3) is 0 Å². The molecule has 1 aliphatic heterocycles. The van der Waals surface area contributed by atoms with Gasteiger partial charge in [0.15, 0.2) is 5.17 Å². The Morgan fingerprint density at radius 3 is 2.68 bits per heavy atom. The van der Waals surface area contributed by atoms with E-state index in [0.717, 1.165) is 11.8 Å². The zero-order valence-electron chi connectivity index (χ0n) is 9.83. The summed E-state index contributed by atoms with van der Waals surface area (Å²) in [6.45, 7) is 0. The van der Waals surface area contributed by atoms with Crippen molar-refractivity contribution in [2.45, 2.75) is 11.7 Å². The van der Waals surface area contributed by atoms with Gasteiger partial charge in [0, 0.05) is 12.1 Å². The van der Waals surface area contributed by atoms with Crippen molar-refractivity contribution in [3.05, 3.63) is 30.3 Å². The third kappa shape index (κ3) is 4.15. The fraction of sp³-hybridized carbons (Fsp3) is 0.182. The molecule has 6 nitrogen and oxygen atoms in total. The first-order valence-electron chi connectivity index (χ1n) is 5.29. The lowest BCUT2D eigenvalue weighted by molar-refractivity contribution is -0.122. The normalized spacial score (nSPS) is 19.7. The lowest BCUT2D eigenvalue weighted by atomic mass is 10.2. The standard InChI is InChI=1S/C11H12N4O2S.ClH/c12-15-11-14-10(17)8(18-11)6-9(16)13-7-4-2-1-3-5-7;/h1-5,8H,6,12H2,(H,13,16)(H,14,15,17);1H. The van der Waals surface area contributed by atoms with Gasteiger partial charge in [0.05, 0.1) is 0 Å². The number of benzene rings is 1. The summed E-state index contributed by atoms with van der Waals surface area (Å²) in [5, 5.41) is 8.48. The van der Waals surface area contributed by atoms with Crippen LogP contribution in [0.3, 0.4) is 0 Å². The summed E-state index contributed by atoms with van der Waals surface area (Å²) in [6.07, 6.45) is 0.0877. The van der Waals surface area contributed by atoms with Crippen LogP contribution in [0, 0.1) is 0 Å². The lowest BCUT2D eigenvalue weighted by Crippen LogP contribution is -2.28. The van der Waals surface area contributed by atoms with E-state index in [0.29, 0.717) is 10.9 Å². The zero-order chi connectivity index (χ0) is 13.0. The minimum atomic E-state index is -0.476. The highest BCUT2D eigenvalue weighted by Gasteiger charge is 2.31. The molecule has 1 aromatic carbocycles. The molecule has 1 unspecified atom stereocenters. The van der Waals surface area contributed by atoms with Crippen molar-refractivity contribution in [2.75, 3.05) is 5.32 Å². The number of nitrogens with one attached hydrogen (secondary N) is 2. The van der Waals surface area contributed by atoms with Crippen LogP contribution in [0.2, 0.25) is 0 Å². The highest BCUT2D eigenvalue weighted by Crippen LogP contribution is 2.22. The van der Waals surface area contributed by atoms with Crippen LogP contribution in [0.5, 0.6) is 0 Å². The second-order valence-electron chi connectivity index (χ2n) is 3.65. The predicted octanol–water partition coefficient (Wildman–Crippen LogP) is 0.898. The lowest BCUT2D eigenvalue weighted by Gasteiger charge is -2.06. The van der Waals surface area contributed by atoms with Gasteiger partial charge >= 0.3 is 0 Å². The number of amides is 2. The molecule has 0 aromatic heterocycles. The number of nitrogens with zero attached hydrogens (tertiary/aromatic N) is 1. The smallest absolute Gasteiger partial charge is 0.240 e. The summed E-state index contributed by atoms with van der Waals surface area (Å²) in [7, 11) is 0. The van der Waals surface area contributed by atoms with Crippen LogP contribution in [-0.2, 0) is 9.59 Å². The number of hydrazone groups is 1. The zero-order valence-corrected chi connectivity index (χ0v) is 11.5. The molecule has 8 heteroatoms. The van der Waals surface area contributed by atoms with Gasteiger partial charge in [0.2, 0.25) is 11.8 Å². The van der Waals surface area contributed by atoms with Crippen LogP contribution in [-0.4, -0.2) is 22.2 Å². The first-order valence-corrected chi connectivity index (χ1v) is 6.17. The number of amidine groups is 1. The Balaban J connectivity index is 0.00000180. The number of rotatable bonds is 3. The molecule has 0 spiro atoms. The molecule has 2 rings (SSSR count). The van der Waals surface area contributed by atoms with Crippen molar-refractivity contribution in [3.8, 4) is 0 Å². The predicted molar refractivity (Wildman–Crippen MR) is 78.1 cm³/mol. The van der Waals surface area contributed by atoms with E-state index < -0.39 is 5.25 Å². The number of thioether (sulfide) groups is 1. The second-order valence-corrected chi connectivity index (χ2v) is 4.84. The minimum Gasteiger partial charge on any atom is -0.326 e. The Kier molecular flexibility index (Phi) is 5.65. The monoisotopic (exact) mass is 300 g/mol. The summed E-state index contributed by atoms with van der Waals surface area (Å²) in [5.41, 5.74) is 0.707. The number of carbonyl (C=O) groups excluding carboxylic acids is 2. The van der Waals surface area contributed by atoms with Crippen molar-refractivity contribution in [3.63, 3.8) is 0 Å². The topological polar surface area (TPSA) is 96.6 Å². The quantitative estimate of drug-likeness (QED) is 0.571. The molecule has 1 heterocycles. The SMILES string of the molecule is Cl.N/N=C1\NC(=O)C(CC(=O)Nc2ccccc2)S1. The highest BCUT2D eigenvalue weighted by molar-refractivity contribution is 8.15. The van der Waals surface area contributed by atoms with E-state index in [1.165, 1.54) is 0 Å². The van der Waals surface area contributed by atoms with Gasteiger partial charge in [-0.05, 0) is 12.1 Å². The second kappa shape index (κ2) is 7.01. The maximum Gasteiger partial charge on any atom is 0.240 e. The van der Waals surface area contributed by atoms with Crippen molar-refractivity contribution in [2.24, 2.45) is 10.9 Å². The number of hydrogen-bond donors (Lipinski definition) is 3. The molecule has 0 aliphatic carbocycles. The Bertz CT molecular complexity index is 495. The molecule has 1 saturated heterocycles. The first-order chi connectivity index (χ1) is 8.69. The van der Waals surface area contributed by atoms with Crippen LogP contribution in [0.4, 0.5) is 5.69 Å². The average Bonchev–Trinajstić information content (AvgIpc) is 2.71. The van der Waals surface area contributed by atoms with Gasteiger partial charge in [-0.2, -0.15) is 5.10 Å². The van der Waals surface area contributed by atoms with Gasteiger partial charge in [0.25, 0.3) is 0 Å². The summed E-state index contributed by atoms with van der Waals surface area (Å²) >= 11 is 1.16. The van der Waals surface area contributed by atoms with E-state index in [1.807, 2.05) is 18.2 Å². The third-order valence-electron chi connectivity index (χ3n) is 2.32.